The summed E-state index contributed by atoms with van der Waals surface area (Å²) >= 11 is 12.0. The Morgan fingerprint density at radius 3 is 2.58 bits per heavy atom. The molecule has 1 rings (SSSR count). The minimum atomic E-state index is -1.14. The molecular formula is C14H21Cl2NOS. The highest BCUT2D eigenvalue weighted by Crippen LogP contribution is 2.24. The first-order chi connectivity index (χ1) is 8.95. The fourth-order valence-corrected chi connectivity index (χ4v) is 3.89. The van der Waals surface area contributed by atoms with Crippen LogP contribution in [-0.4, -0.2) is 22.5 Å². The van der Waals surface area contributed by atoms with Gasteiger partial charge in [-0.15, -0.1) is 0 Å². The number of halogens is 2. The lowest BCUT2D eigenvalue weighted by molar-refractivity contribution is 0.431. The van der Waals surface area contributed by atoms with E-state index in [9.17, 15) is 4.21 Å². The molecule has 108 valence electrons. The van der Waals surface area contributed by atoms with Gasteiger partial charge in [0, 0.05) is 16.8 Å². The van der Waals surface area contributed by atoms with Crippen LogP contribution in [0.25, 0.3) is 0 Å². The molecule has 0 aliphatic heterocycles. The van der Waals surface area contributed by atoms with Crippen LogP contribution in [0.2, 0.25) is 10.0 Å². The maximum Gasteiger partial charge on any atom is 0.0589 e. The lowest BCUT2D eigenvalue weighted by Crippen LogP contribution is -2.38. The van der Waals surface area contributed by atoms with Crippen molar-refractivity contribution in [2.24, 2.45) is 5.92 Å². The van der Waals surface area contributed by atoms with E-state index in [4.69, 9.17) is 23.2 Å². The summed E-state index contributed by atoms with van der Waals surface area (Å²) in [7, 11) is -1.14. The van der Waals surface area contributed by atoms with Gasteiger partial charge in [-0.2, -0.15) is 0 Å². The van der Waals surface area contributed by atoms with Crippen LogP contribution >= 0.6 is 23.2 Å². The van der Waals surface area contributed by atoms with Crippen LogP contribution in [0.5, 0.6) is 0 Å². The minimum absolute atomic E-state index is 0.218. The molecule has 0 bridgehead atoms. The Morgan fingerprint density at radius 2 is 2.00 bits per heavy atom. The average Bonchev–Trinajstić information content (AvgIpc) is 2.36. The Labute approximate surface area is 128 Å². The molecule has 0 saturated carbocycles. The Balaban J connectivity index is 2.78. The van der Waals surface area contributed by atoms with Gasteiger partial charge in [-0.1, -0.05) is 44.0 Å². The first kappa shape index (κ1) is 17.0. The highest BCUT2D eigenvalue weighted by molar-refractivity contribution is 7.85. The maximum absolute atomic E-state index is 12.4. The van der Waals surface area contributed by atoms with Gasteiger partial charge in [-0.3, -0.25) is 4.21 Å². The van der Waals surface area contributed by atoms with Crippen LogP contribution < -0.4 is 5.32 Å². The normalized spacial score (nSPS) is 14.6. The third-order valence-corrected chi connectivity index (χ3v) is 5.10. The van der Waals surface area contributed by atoms with E-state index in [-0.39, 0.29) is 6.04 Å². The van der Waals surface area contributed by atoms with E-state index in [1.165, 1.54) is 0 Å². The molecule has 0 saturated heterocycles. The van der Waals surface area contributed by atoms with Crippen molar-refractivity contribution in [3.8, 4) is 0 Å². The predicted octanol–water partition coefficient (Wildman–Crippen LogP) is 4.13. The zero-order valence-corrected chi connectivity index (χ0v) is 13.9. The summed E-state index contributed by atoms with van der Waals surface area (Å²) < 4.78 is 12.4. The third kappa shape index (κ3) is 5.42. The summed E-state index contributed by atoms with van der Waals surface area (Å²) in [6, 6.07) is 5.31. The number of hydrogen-bond donors (Lipinski definition) is 1. The van der Waals surface area contributed by atoms with Crippen molar-refractivity contribution >= 4 is 34.0 Å². The molecule has 1 aromatic rings. The largest absolute Gasteiger partial charge is 0.313 e. The molecular weight excluding hydrogens is 301 g/mol. The molecule has 2 atom stereocenters. The maximum atomic E-state index is 12.4. The molecule has 0 aliphatic rings. The number of nitrogens with one attached hydrogen (secondary N) is 1. The second-order valence-electron chi connectivity index (χ2n) is 4.89. The highest BCUT2D eigenvalue weighted by atomic mass is 35.5. The Morgan fingerprint density at radius 1 is 1.32 bits per heavy atom. The molecule has 0 spiro atoms. The van der Waals surface area contributed by atoms with Gasteiger partial charge in [0.15, 0.2) is 0 Å². The quantitative estimate of drug-likeness (QED) is 0.818. The summed E-state index contributed by atoms with van der Waals surface area (Å²) in [6.45, 7) is 7.31. The van der Waals surface area contributed by atoms with Crippen molar-refractivity contribution in [3.63, 3.8) is 0 Å². The molecule has 0 fully saturated rings. The number of hydrogen-bond acceptors (Lipinski definition) is 2. The van der Waals surface area contributed by atoms with E-state index in [2.05, 4.69) is 26.1 Å². The molecule has 0 radical (unpaired) electrons. The lowest BCUT2D eigenvalue weighted by Gasteiger charge is -2.22. The fraction of sp³-hybridized carbons (Fsp3) is 0.571. The van der Waals surface area contributed by atoms with Crippen molar-refractivity contribution in [2.75, 3.05) is 12.3 Å². The smallest absolute Gasteiger partial charge is 0.0589 e. The topological polar surface area (TPSA) is 29.1 Å². The van der Waals surface area contributed by atoms with E-state index in [1.807, 2.05) is 0 Å². The Kier molecular flexibility index (Phi) is 7.37. The van der Waals surface area contributed by atoms with Gasteiger partial charge in [0.1, 0.15) is 0 Å². The van der Waals surface area contributed by atoms with Crippen molar-refractivity contribution in [1.82, 2.24) is 5.32 Å². The fourth-order valence-electron chi connectivity index (χ4n) is 1.72. The van der Waals surface area contributed by atoms with E-state index in [1.54, 1.807) is 18.2 Å². The summed E-state index contributed by atoms with van der Waals surface area (Å²) in [4.78, 5) is 0.623. The summed E-state index contributed by atoms with van der Waals surface area (Å²) in [5.41, 5.74) is 0. The second-order valence-corrected chi connectivity index (χ2v) is 7.20. The van der Waals surface area contributed by atoms with Gasteiger partial charge >= 0.3 is 0 Å². The van der Waals surface area contributed by atoms with Gasteiger partial charge < -0.3 is 5.32 Å². The zero-order valence-electron chi connectivity index (χ0n) is 11.6. The van der Waals surface area contributed by atoms with Gasteiger partial charge in [0.05, 0.1) is 20.7 Å². The molecule has 19 heavy (non-hydrogen) atoms. The van der Waals surface area contributed by atoms with Crippen LogP contribution in [-0.2, 0) is 10.8 Å². The molecule has 2 nitrogen and oxygen atoms in total. The predicted molar refractivity (Wildman–Crippen MR) is 84.7 cm³/mol. The monoisotopic (exact) mass is 321 g/mol. The van der Waals surface area contributed by atoms with Crippen LogP contribution in [0.1, 0.15) is 27.2 Å². The first-order valence-corrected chi connectivity index (χ1v) is 8.60. The van der Waals surface area contributed by atoms with Crippen molar-refractivity contribution in [3.05, 3.63) is 28.2 Å². The van der Waals surface area contributed by atoms with Crippen LogP contribution in [0.15, 0.2) is 23.1 Å². The van der Waals surface area contributed by atoms with Crippen LogP contribution in [0.3, 0.4) is 0 Å². The van der Waals surface area contributed by atoms with Crippen molar-refractivity contribution in [1.29, 1.82) is 0 Å². The van der Waals surface area contributed by atoms with Gasteiger partial charge in [-0.25, -0.2) is 0 Å². The van der Waals surface area contributed by atoms with Gasteiger partial charge in [-0.05, 0) is 37.1 Å². The first-order valence-electron chi connectivity index (χ1n) is 6.52. The highest BCUT2D eigenvalue weighted by Gasteiger charge is 2.18. The summed E-state index contributed by atoms with van der Waals surface area (Å²) in [6.07, 6.45) is 1.06. The third-order valence-electron chi connectivity index (χ3n) is 2.93. The van der Waals surface area contributed by atoms with E-state index >= 15 is 0 Å². The molecule has 0 amide bonds. The molecule has 0 heterocycles. The van der Waals surface area contributed by atoms with Gasteiger partial charge in [0.2, 0.25) is 0 Å². The van der Waals surface area contributed by atoms with E-state index < -0.39 is 10.8 Å². The molecule has 2 unspecified atom stereocenters. The molecule has 0 aliphatic carbocycles. The summed E-state index contributed by atoms with van der Waals surface area (Å²) in [5, 5.41) is 4.51. The van der Waals surface area contributed by atoms with Gasteiger partial charge in [0.25, 0.3) is 0 Å². The Hall–Kier alpha value is -0.0900. The van der Waals surface area contributed by atoms with Crippen molar-refractivity contribution < 1.29 is 4.21 Å². The van der Waals surface area contributed by atoms with Crippen LogP contribution in [0, 0.1) is 5.92 Å². The minimum Gasteiger partial charge on any atom is -0.313 e. The van der Waals surface area contributed by atoms with Crippen LogP contribution in [0.4, 0.5) is 0 Å². The second kappa shape index (κ2) is 8.25. The lowest BCUT2D eigenvalue weighted by atomic mass is 10.1. The standard InChI is InChI=1S/C14H21Cl2NOS/c1-4-7-17-13(10(2)3)9-19(18)14-8-11(15)5-6-12(14)16/h5-6,8,10,13,17H,4,7,9H2,1-3H3. The van der Waals surface area contributed by atoms with E-state index in [0.29, 0.717) is 26.6 Å². The molecule has 1 aromatic carbocycles. The average molecular weight is 322 g/mol. The number of benzene rings is 1. The molecule has 1 N–H and O–H groups in total. The van der Waals surface area contributed by atoms with E-state index in [0.717, 1.165) is 13.0 Å². The SMILES string of the molecule is CCCNC(CS(=O)c1cc(Cl)ccc1Cl)C(C)C. The summed E-state index contributed by atoms with van der Waals surface area (Å²) in [5.74, 6) is 0.978. The molecule has 0 aromatic heterocycles. The zero-order chi connectivity index (χ0) is 14.4. The Bertz CT molecular complexity index is 437. The molecule has 5 heteroatoms. The number of rotatable bonds is 7. The van der Waals surface area contributed by atoms with Crippen molar-refractivity contribution in [2.45, 2.75) is 38.1 Å².